The summed E-state index contributed by atoms with van der Waals surface area (Å²) in [6, 6.07) is 4.15. The number of rotatable bonds is 3. The van der Waals surface area contributed by atoms with E-state index in [-0.39, 0.29) is 31.3 Å². The summed E-state index contributed by atoms with van der Waals surface area (Å²) in [5.74, 6) is -1.72. The molecule has 2 heterocycles. The molecule has 1 aromatic rings. The number of amides is 1. The fourth-order valence-corrected chi connectivity index (χ4v) is 3.59. The number of piperazine rings is 1. The number of nitro groups is 1. The number of fused-ring (bicyclic) bond motifs is 3. The van der Waals surface area contributed by atoms with E-state index in [4.69, 9.17) is 4.74 Å². The number of nitrogens with zero attached hydrogens (tertiary/aromatic N) is 3. The number of nitro benzene ring substituents is 1. The van der Waals surface area contributed by atoms with Crippen LogP contribution in [0.5, 0.6) is 0 Å². The minimum Gasteiger partial charge on any atom is -0.481 e. The first-order chi connectivity index (χ1) is 11.9. The topological polar surface area (TPSA) is 113 Å². The summed E-state index contributed by atoms with van der Waals surface area (Å²) in [7, 11) is 0. The van der Waals surface area contributed by atoms with Crippen LogP contribution >= 0.6 is 0 Å². The molecule has 2 aliphatic heterocycles. The van der Waals surface area contributed by atoms with Gasteiger partial charge >= 0.3 is 12.1 Å². The van der Waals surface area contributed by atoms with Crippen LogP contribution in [0, 0.1) is 16.0 Å². The molecule has 0 spiro atoms. The van der Waals surface area contributed by atoms with E-state index in [9.17, 15) is 24.8 Å². The highest BCUT2D eigenvalue weighted by Crippen LogP contribution is 2.37. The van der Waals surface area contributed by atoms with Gasteiger partial charge in [0, 0.05) is 37.5 Å². The van der Waals surface area contributed by atoms with E-state index >= 15 is 0 Å². The normalized spacial score (nSPS) is 22.0. The summed E-state index contributed by atoms with van der Waals surface area (Å²) >= 11 is 0. The van der Waals surface area contributed by atoms with Crippen LogP contribution in [-0.2, 0) is 16.0 Å². The van der Waals surface area contributed by atoms with Gasteiger partial charge in [-0.25, -0.2) is 4.79 Å². The molecule has 1 aromatic carbocycles. The van der Waals surface area contributed by atoms with E-state index < -0.39 is 22.9 Å². The van der Waals surface area contributed by atoms with Gasteiger partial charge in [0.1, 0.15) is 0 Å². The number of anilines is 1. The Morgan fingerprint density at radius 2 is 2.16 bits per heavy atom. The highest BCUT2D eigenvalue weighted by Gasteiger charge is 2.43. The van der Waals surface area contributed by atoms with Crippen LogP contribution in [-0.4, -0.2) is 59.3 Å². The highest BCUT2D eigenvalue weighted by molar-refractivity contribution is 5.76. The van der Waals surface area contributed by atoms with Crippen LogP contribution in [0.3, 0.4) is 0 Å². The summed E-state index contributed by atoms with van der Waals surface area (Å²) in [5, 5.41) is 20.6. The maximum atomic E-state index is 12.0. The molecule has 1 N–H and O–H groups in total. The third kappa shape index (κ3) is 3.09. The first-order valence-corrected chi connectivity index (χ1v) is 8.10. The molecule has 2 atom stereocenters. The van der Waals surface area contributed by atoms with Crippen molar-refractivity contribution in [1.29, 1.82) is 0 Å². The molecule has 2 aliphatic rings. The van der Waals surface area contributed by atoms with Crippen molar-refractivity contribution in [2.24, 2.45) is 5.92 Å². The maximum absolute atomic E-state index is 12.0. The van der Waals surface area contributed by atoms with Crippen LogP contribution in [0.1, 0.15) is 12.5 Å². The van der Waals surface area contributed by atoms with Crippen molar-refractivity contribution in [2.45, 2.75) is 19.4 Å². The van der Waals surface area contributed by atoms with Crippen LogP contribution in [0.15, 0.2) is 18.2 Å². The summed E-state index contributed by atoms with van der Waals surface area (Å²) in [6.45, 7) is 3.11. The van der Waals surface area contributed by atoms with Gasteiger partial charge in [-0.2, -0.15) is 0 Å². The van der Waals surface area contributed by atoms with Crippen molar-refractivity contribution in [1.82, 2.24) is 4.90 Å². The lowest BCUT2D eigenvalue weighted by atomic mass is 9.84. The quantitative estimate of drug-likeness (QED) is 0.650. The molecular weight excluding hydrogens is 330 g/mol. The van der Waals surface area contributed by atoms with Crippen molar-refractivity contribution in [2.75, 3.05) is 31.1 Å². The lowest BCUT2D eigenvalue weighted by molar-refractivity contribution is -0.384. The second-order valence-electron chi connectivity index (χ2n) is 6.12. The Balaban J connectivity index is 1.92. The zero-order valence-corrected chi connectivity index (χ0v) is 13.8. The zero-order chi connectivity index (χ0) is 18.1. The molecule has 1 amide bonds. The Morgan fingerprint density at radius 3 is 2.80 bits per heavy atom. The number of non-ortho nitro benzene ring substituents is 1. The van der Waals surface area contributed by atoms with Crippen molar-refractivity contribution >= 4 is 23.4 Å². The van der Waals surface area contributed by atoms with Gasteiger partial charge in [0.2, 0.25) is 0 Å². The smallest absolute Gasteiger partial charge is 0.409 e. The highest BCUT2D eigenvalue weighted by atomic mass is 16.6. The van der Waals surface area contributed by atoms with Gasteiger partial charge in [-0.15, -0.1) is 0 Å². The molecule has 0 aromatic heterocycles. The number of hydrogen-bond donors (Lipinski definition) is 1. The standard InChI is InChI=1S/C16H19N3O6/c1-2-25-16(22)17-5-6-18-13-4-3-11(19(23)24)7-10(13)8-12(15(20)21)14(18)9-17/h3-4,7,12,14H,2,5-6,8-9H2,1H3,(H,20,21)/t12-,14-/m0/s1. The van der Waals surface area contributed by atoms with Gasteiger partial charge in [-0.1, -0.05) is 0 Å². The van der Waals surface area contributed by atoms with Crippen LogP contribution in [0.25, 0.3) is 0 Å². The van der Waals surface area contributed by atoms with Crippen LogP contribution < -0.4 is 4.90 Å². The second-order valence-corrected chi connectivity index (χ2v) is 6.12. The number of benzene rings is 1. The molecular formula is C16H19N3O6. The average molecular weight is 349 g/mol. The predicted molar refractivity (Wildman–Crippen MR) is 87.7 cm³/mol. The van der Waals surface area contributed by atoms with E-state index in [2.05, 4.69) is 0 Å². The Hall–Kier alpha value is -2.84. The summed E-state index contributed by atoms with van der Waals surface area (Å²) in [5.41, 5.74) is 1.41. The molecule has 1 fully saturated rings. The van der Waals surface area contributed by atoms with Crippen molar-refractivity contribution in [3.8, 4) is 0 Å². The molecule has 134 valence electrons. The van der Waals surface area contributed by atoms with Gasteiger partial charge in [0.25, 0.3) is 5.69 Å². The van der Waals surface area contributed by atoms with Gasteiger partial charge in [-0.05, 0) is 25.0 Å². The van der Waals surface area contributed by atoms with E-state index in [1.807, 2.05) is 4.90 Å². The molecule has 0 saturated carbocycles. The van der Waals surface area contributed by atoms with E-state index in [1.54, 1.807) is 13.0 Å². The molecule has 0 unspecified atom stereocenters. The number of carboxylic acid groups (broad SMARTS) is 1. The number of ether oxygens (including phenoxy) is 1. The van der Waals surface area contributed by atoms with E-state index in [0.29, 0.717) is 18.7 Å². The zero-order valence-electron chi connectivity index (χ0n) is 13.8. The largest absolute Gasteiger partial charge is 0.481 e. The summed E-state index contributed by atoms with van der Waals surface area (Å²) in [6.07, 6.45) is -0.245. The SMILES string of the molecule is CCOC(=O)N1CCN2c3ccc([N+](=O)[O-])cc3C[C@H](C(=O)O)[C@@H]2C1. The first kappa shape index (κ1) is 17.0. The Labute approximate surface area is 143 Å². The molecule has 25 heavy (non-hydrogen) atoms. The van der Waals surface area contributed by atoms with Crippen molar-refractivity contribution in [3.05, 3.63) is 33.9 Å². The Kier molecular flexibility index (Phi) is 4.47. The molecule has 9 heteroatoms. The van der Waals surface area contributed by atoms with Crippen molar-refractivity contribution < 1.29 is 24.4 Å². The number of carbonyl (C=O) groups excluding carboxylic acids is 1. The lowest BCUT2D eigenvalue weighted by Crippen LogP contribution is -2.61. The van der Waals surface area contributed by atoms with Crippen LogP contribution in [0.4, 0.5) is 16.2 Å². The summed E-state index contributed by atoms with van der Waals surface area (Å²) in [4.78, 5) is 37.7. The van der Waals surface area contributed by atoms with E-state index in [0.717, 1.165) is 5.69 Å². The minimum atomic E-state index is -0.974. The van der Waals surface area contributed by atoms with Gasteiger partial charge in [0.15, 0.2) is 0 Å². The molecule has 9 nitrogen and oxygen atoms in total. The number of hydrogen-bond acceptors (Lipinski definition) is 6. The van der Waals surface area contributed by atoms with Crippen molar-refractivity contribution in [3.63, 3.8) is 0 Å². The monoisotopic (exact) mass is 349 g/mol. The molecule has 1 saturated heterocycles. The molecule has 0 bridgehead atoms. The fraction of sp³-hybridized carbons (Fsp3) is 0.500. The van der Waals surface area contributed by atoms with Gasteiger partial charge < -0.3 is 19.6 Å². The fourth-order valence-electron chi connectivity index (χ4n) is 3.59. The average Bonchev–Trinajstić information content (AvgIpc) is 2.59. The first-order valence-electron chi connectivity index (χ1n) is 8.10. The minimum absolute atomic E-state index is 0.0495. The number of aliphatic carboxylic acids is 1. The Morgan fingerprint density at radius 1 is 1.40 bits per heavy atom. The lowest BCUT2D eigenvalue weighted by Gasteiger charge is -2.47. The van der Waals surface area contributed by atoms with Gasteiger partial charge in [-0.3, -0.25) is 14.9 Å². The predicted octanol–water partition coefficient (Wildman–Crippen LogP) is 1.50. The molecule has 0 aliphatic carbocycles. The molecule has 3 rings (SSSR count). The number of carboxylic acids is 1. The van der Waals surface area contributed by atoms with Crippen LogP contribution in [0.2, 0.25) is 0 Å². The number of carbonyl (C=O) groups is 2. The Bertz CT molecular complexity index is 722. The maximum Gasteiger partial charge on any atom is 0.409 e. The third-order valence-electron chi connectivity index (χ3n) is 4.75. The van der Waals surface area contributed by atoms with E-state index in [1.165, 1.54) is 17.0 Å². The summed E-state index contributed by atoms with van der Waals surface area (Å²) < 4.78 is 5.01. The molecule has 0 radical (unpaired) electrons. The third-order valence-corrected chi connectivity index (χ3v) is 4.75. The van der Waals surface area contributed by atoms with Gasteiger partial charge in [0.05, 0.1) is 23.5 Å². The second kappa shape index (κ2) is 6.58.